The smallest absolute Gasteiger partial charge is 0.323 e. The summed E-state index contributed by atoms with van der Waals surface area (Å²) in [6.45, 7) is 2.02. The van der Waals surface area contributed by atoms with Crippen molar-refractivity contribution >= 4 is 28.5 Å². The van der Waals surface area contributed by atoms with Crippen LogP contribution >= 0.6 is 0 Å². The van der Waals surface area contributed by atoms with Gasteiger partial charge < -0.3 is 14.4 Å². The minimum absolute atomic E-state index is 0.131. The number of carbonyl (C=O) groups is 2. The predicted octanol–water partition coefficient (Wildman–Crippen LogP) is 9.08. The van der Waals surface area contributed by atoms with E-state index in [4.69, 9.17) is 4.42 Å². The van der Waals surface area contributed by atoms with Crippen LogP contribution in [0, 0.1) is 17.8 Å². The molecule has 7 rings (SSSR count). The molecule has 250 valence electrons. The second kappa shape index (κ2) is 14.6. The molecule has 8 nitrogen and oxygen atoms in total. The summed E-state index contributed by atoms with van der Waals surface area (Å²) in [7, 11) is 0. The van der Waals surface area contributed by atoms with Gasteiger partial charge in [0, 0.05) is 41.2 Å². The van der Waals surface area contributed by atoms with E-state index in [-0.39, 0.29) is 6.54 Å². The Labute approximate surface area is 286 Å². The minimum atomic E-state index is -1.09. The molecule has 0 aliphatic heterocycles. The van der Waals surface area contributed by atoms with Crippen molar-refractivity contribution in [2.45, 2.75) is 64.8 Å². The summed E-state index contributed by atoms with van der Waals surface area (Å²) < 4.78 is 5.88. The first-order valence-electron chi connectivity index (χ1n) is 17.5. The lowest BCUT2D eigenvalue weighted by atomic mass is 9.71. The minimum Gasteiger partial charge on any atom is -0.480 e. The molecular formula is C41H42N4O4. The number of carboxylic acids is 1. The second-order valence-electron chi connectivity index (χ2n) is 13.6. The lowest BCUT2D eigenvalue weighted by Crippen LogP contribution is -2.35. The Morgan fingerprint density at radius 2 is 1.61 bits per heavy atom. The normalized spacial score (nSPS) is 19.4. The summed E-state index contributed by atoms with van der Waals surface area (Å²) in [5, 5.41) is 9.62. The van der Waals surface area contributed by atoms with Gasteiger partial charge in [-0.15, -0.1) is 0 Å². The number of aromatic nitrogens is 3. The van der Waals surface area contributed by atoms with Gasteiger partial charge >= 0.3 is 5.97 Å². The number of hydrogen-bond donors (Lipinski definition) is 1. The number of rotatable bonds is 10. The van der Waals surface area contributed by atoms with Gasteiger partial charge in [0.1, 0.15) is 12.1 Å². The molecule has 1 N–H and O–H groups in total. The highest BCUT2D eigenvalue weighted by Crippen LogP contribution is 2.41. The standard InChI is InChI=1S/C41H42N4O4/c1-2-27-8-12-29(13-9-27)30-16-18-31(19-17-30)35-23-42-39(43-24-35)32-14-10-28(11-15-32)25-45(26-38(46)47)41(48)34-20-21-37-36(22-34)44-40(49-37)33-6-4-3-5-7-33/h3-7,10-11,14-15,18,20-24,27,29-30H,2,8-9,12-13,16-17,19,25-26H2,1H3,(H,46,47). The molecule has 2 aromatic heterocycles. The van der Waals surface area contributed by atoms with E-state index in [0.717, 1.165) is 52.8 Å². The SMILES string of the molecule is CCC1CCC(C2CC=C(c3cnc(-c4ccc(CN(CC(=O)O)C(=O)c5ccc6oc(-c7ccccc7)nc6c5)cc4)nc3)CC2)CC1. The first-order chi connectivity index (χ1) is 23.9. The number of carbonyl (C=O) groups excluding carboxylic acids is 1. The zero-order valence-electron chi connectivity index (χ0n) is 27.9. The molecule has 0 bridgehead atoms. The van der Waals surface area contributed by atoms with Gasteiger partial charge in [0.25, 0.3) is 5.91 Å². The fraction of sp³-hybridized carbons (Fsp3) is 0.341. The van der Waals surface area contributed by atoms with E-state index in [1.54, 1.807) is 18.2 Å². The fourth-order valence-electron chi connectivity index (χ4n) is 7.55. The van der Waals surface area contributed by atoms with Crippen LogP contribution in [0.4, 0.5) is 0 Å². The Kier molecular flexibility index (Phi) is 9.64. The van der Waals surface area contributed by atoms with Crippen molar-refractivity contribution in [2.75, 3.05) is 6.54 Å². The molecule has 5 aromatic rings. The Morgan fingerprint density at radius 3 is 2.29 bits per heavy atom. The molecule has 1 unspecified atom stereocenters. The van der Waals surface area contributed by atoms with Crippen molar-refractivity contribution in [3.8, 4) is 22.8 Å². The number of benzene rings is 3. The van der Waals surface area contributed by atoms with Crippen LogP contribution in [0.15, 0.2) is 95.7 Å². The summed E-state index contributed by atoms with van der Waals surface area (Å²) in [5.41, 5.74) is 6.36. The summed E-state index contributed by atoms with van der Waals surface area (Å²) >= 11 is 0. The van der Waals surface area contributed by atoms with E-state index >= 15 is 0 Å². The molecule has 2 heterocycles. The summed E-state index contributed by atoms with van der Waals surface area (Å²) in [5.74, 6) is 2.24. The van der Waals surface area contributed by atoms with Crippen LogP contribution in [0.3, 0.4) is 0 Å². The number of oxazole rings is 1. The number of amides is 1. The van der Waals surface area contributed by atoms with Crippen molar-refractivity contribution in [3.63, 3.8) is 0 Å². The zero-order chi connectivity index (χ0) is 33.7. The maximum absolute atomic E-state index is 13.6. The molecule has 0 saturated heterocycles. The van der Waals surface area contributed by atoms with Crippen LogP contribution in [0.5, 0.6) is 0 Å². The fourth-order valence-corrected chi connectivity index (χ4v) is 7.55. The van der Waals surface area contributed by atoms with Crippen LogP contribution in [-0.2, 0) is 11.3 Å². The Hall–Kier alpha value is -5.11. The third-order valence-corrected chi connectivity index (χ3v) is 10.5. The van der Waals surface area contributed by atoms with Gasteiger partial charge in [-0.3, -0.25) is 9.59 Å². The number of fused-ring (bicyclic) bond motifs is 1. The van der Waals surface area contributed by atoms with E-state index in [0.29, 0.717) is 28.4 Å². The van der Waals surface area contributed by atoms with Gasteiger partial charge in [-0.05, 0) is 91.3 Å². The van der Waals surface area contributed by atoms with Crippen LogP contribution in [0.25, 0.3) is 39.5 Å². The van der Waals surface area contributed by atoms with Gasteiger partial charge in [-0.1, -0.05) is 74.7 Å². The van der Waals surface area contributed by atoms with Crippen molar-refractivity contribution in [3.05, 3.63) is 108 Å². The Morgan fingerprint density at radius 1 is 0.857 bits per heavy atom. The largest absolute Gasteiger partial charge is 0.480 e. The van der Waals surface area contributed by atoms with Crippen molar-refractivity contribution in [1.29, 1.82) is 0 Å². The molecule has 1 fully saturated rings. The molecule has 1 amide bonds. The van der Waals surface area contributed by atoms with Gasteiger partial charge in [-0.2, -0.15) is 0 Å². The first-order valence-corrected chi connectivity index (χ1v) is 17.5. The molecule has 49 heavy (non-hydrogen) atoms. The van der Waals surface area contributed by atoms with Crippen LogP contribution in [0.1, 0.15) is 79.8 Å². The van der Waals surface area contributed by atoms with E-state index in [1.165, 1.54) is 49.0 Å². The highest BCUT2D eigenvalue weighted by molar-refractivity contribution is 5.98. The van der Waals surface area contributed by atoms with E-state index in [9.17, 15) is 14.7 Å². The molecule has 2 aliphatic rings. The zero-order valence-corrected chi connectivity index (χ0v) is 27.9. The maximum atomic E-state index is 13.6. The van der Waals surface area contributed by atoms with Crippen LogP contribution in [-0.4, -0.2) is 43.4 Å². The maximum Gasteiger partial charge on any atom is 0.323 e. The third kappa shape index (κ3) is 7.48. The van der Waals surface area contributed by atoms with E-state index in [2.05, 4.69) is 28.0 Å². The molecule has 0 spiro atoms. The van der Waals surface area contributed by atoms with Crippen LogP contribution in [0.2, 0.25) is 0 Å². The van der Waals surface area contributed by atoms with E-state index < -0.39 is 18.4 Å². The van der Waals surface area contributed by atoms with Crippen molar-refractivity contribution in [1.82, 2.24) is 19.9 Å². The molecule has 3 aromatic carbocycles. The first kappa shape index (κ1) is 32.4. The molecular weight excluding hydrogens is 612 g/mol. The van der Waals surface area contributed by atoms with E-state index in [1.807, 2.05) is 67.0 Å². The van der Waals surface area contributed by atoms with Gasteiger partial charge in [0.2, 0.25) is 5.89 Å². The molecule has 1 saturated carbocycles. The molecule has 1 atom stereocenters. The number of hydrogen-bond acceptors (Lipinski definition) is 6. The lowest BCUT2D eigenvalue weighted by molar-refractivity contribution is -0.137. The lowest BCUT2D eigenvalue weighted by Gasteiger charge is -2.35. The average Bonchev–Trinajstić information content (AvgIpc) is 3.59. The number of carboxylic acid groups (broad SMARTS) is 1. The second-order valence-corrected chi connectivity index (χ2v) is 13.6. The number of aliphatic carboxylic acids is 1. The molecule has 0 radical (unpaired) electrons. The van der Waals surface area contributed by atoms with Crippen molar-refractivity contribution in [2.24, 2.45) is 17.8 Å². The summed E-state index contributed by atoms with van der Waals surface area (Å²) in [6, 6.07) is 22.1. The Bertz CT molecular complexity index is 1940. The average molecular weight is 655 g/mol. The summed E-state index contributed by atoms with van der Waals surface area (Å²) in [4.78, 5) is 40.6. The quantitative estimate of drug-likeness (QED) is 0.160. The predicted molar refractivity (Wildman–Crippen MR) is 190 cm³/mol. The number of allylic oxidation sites excluding steroid dienone is 2. The van der Waals surface area contributed by atoms with Gasteiger partial charge in [-0.25, -0.2) is 15.0 Å². The highest BCUT2D eigenvalue weighted by Gasteiger charge is 2.28. The van der Waals surface area contributed by atoms with Gasteiger partial charge in [0.05, 0.1) is 0 Å². The van der Waals surface area contributed by atoms with Gasteiger partial charge in [0.15, 0.2) is 11.4 Å². The number of nitrogens with zero attached hydrogens (tertiary/aromatic N) is 4. The third-order valence-electron chi connectivity index (χ3n) is 10.5. The van der Waals surface area contributed by atoms with Crippen LogP contribution < -0.4 is 0 Å². The van der Waals surface area contributed by atoms with Crippen molar-refractivity contribution < 1.29 is 19.1 Å². The Balaban J connectivity index is 0.996. The molecule has 2 aliphatic carbocycles. The monoisotopic (exact) mass is 654 g/mol. The topological polar surface area (TPSA) is 109 Å². The highest BCUT2D eigenvalue weighted by atomic mass is 16.4. The summed E-state index contributed by atoms with van der Waals surface area (Å²) in [6.07, 6.45) is 16.7. The molecule has 8 heteroatoms.